The van der Waals surface area contributed by atoms with Gasteiger partial charge in [0.05, 0.1) is 11.3 Å². The Kier molecular flexibility index (Phi) is 5.81. The Morgan fingerprint density at radius 2 is 1.72 bits per heavy atom. The van der Waals surface area contributed by atoms with E-state index in [1.165, 1.54) is 13.0 Å². The minimum atomic E-state index is -4.70. The van der Waals surface area contributed by atoms with E-state index in [0.717, 1.165) is 30.5 Å². The van der Waals surface area contributed by atoms with Crippen LogP contribution < -0.4 is 15.4 Å². The van der Waals surface area contributed by atoms with Gasteiger partial charge < -0.3 is 15.4 Å². The molecular formula is C21H21F3N2O3. The lowest BCUT2D eigenvalue weighted by Gasteiger charge is -2.18. The zero-order chi connectivity index (χ0) is 21.2. The van der Waals surface area contributed by atoms with Crippen molar-refractivity contribution in [2.24, 2.45) is 5.92 Å². The molecule has 0 heterocycles. The van der Waals surface area contributed by atoms with Crippen LogP contribution in [0.2, 0.25) is 0 Å². The Labute approximate surface area is 166 Å². The van der Waals surface area contributed by atoms with Crippen molar-refractivity contribution >= 4 is 23.2 Å². The molecule has 2 aromatic rings. The minimum Gasteiger partial charge on any atom is -0.481 e. The lowest BCUT2D eigenvalue weighted by atomic mass is 10.1. The summed E-state index contributed by atoms with van der Waals surface area (Å²) in [5, 5.41) is 4.75. The second kappa shape index (κ2) is 8.14. The number of amides is 2. The van der Waals surface area contributed by atoms with E-state index < -0.39 is 29.4 Å². The molecule has 1 aliphatic rings. The summed E-state index contributed by atoms with van der Waals surface area (Å²) in [6, 6.07) is 10.2. The van der Waals surface area contributed by atoms with Gasteiger partial charge in [0, 0.05) is 11.6 Å². The molecule has 29 heavy (non-hydrogen) atoms. The first-order chi connectivity index (χ1) is 13.6. The quantitative estimate of drug-likeness (QED) is 0.726. The molecule has 0 bridgehead atoms. The van der Waals surface area contributed by atoms with Crippen molar-refractivity contribution in [2.45, 2.75) is 39.0 Å². The number of nitrogens with one attached hydrogen (secondary N) is 2. The molecular weight excluding hydrogens is 385 g/mol. The van der Waals surface area contributed by atoms with Crippen LogP contribution in [-0.4, -0.2) is 17.9 Å². The summed E-state index contributed by atoms with van der Waals surface area (Å²) in [6.45, 7) is 3.35. The van der Waals surface area contributed by atoms with Gasteiger partial charge in [-0.25, -0.2) is 0 Å². The number of hydrogen-bond acceptors (Lipinski definition) is 3. The van der Waals surface area contributed by atoms with Crippen LogP contribution in [0.3, 0.4) is 0 Å². The number of aryl methyl sites for hydroxylation is 1. The second-order valence-electron chi connectivity index (χ2n) is 7.08. The number of hydrogen-bond donors (Lipinski definition) is 2. The van der Waals surface area contributed by atoms with Gasteiger partial charge in [-0.05, 0) is 57.0 Å². The van der Waals surface area contributed by atoms with E-state index in [-0.39, 0.29) is 17.5 Å². The van der Waals surface area contributed by atoms with E-state index in [0.29, 0.717) is 5.75 Å². The fourth-order valence-electron chi connectivity index (χ4n) is 2.66. The minimum absolute atomic E-state index is 0.0381. The van der Waals surface area contributed by atoms with Crippen LogP contribution in [0.25, 0.3) is 0 Å². The summed E-state index contributed by atoms with van der Waals surface area (Å²) in [4.78, 5) is 24.2. The SMILES string of the molecule is Cc1ccc(OC(C)C(=O)Nc2ccc(NC(=O)C3CC3)cc2C(F)(F)F)cc1. The molecule has 1 fully saturated rings. The molecule has 8 heteroatoms. The fraction of sp³-hybridized carbons (Fsp3) is 0.333. The molecule has 2 aromatic carbocycles. The summed E-state index contributed by atoms with van der Waals surface area (Å²) in [5.74, 6) is -0.711. The van der Waals surface area contributed by atoms with Crippen LogP contribution in [0.15, 0.2) is 42.5 Å². The maximum Gasteiger partial charge on any atom is 0.418 e. The summed E-state index contributed by atoms with van der Waals surface area (Å²) in [6.07, 6.45) is -4.23. The largest absolute Gasteiger partial charge is 0.481 e. The number of anilines is 2. The van der Waals surface area contributed by atoms with Crippen LogP contribution in [0.4, 0.5) is 24.5 Å². The Morgan fingerprint density at radius 1 is 1.07 bits per heavy atom. The van der Waals surface area contributed by atoms with Gasteiger partial charge >= 0.3 is 6.18 Å². The van der Waals surface area contributed by atoms with Gasteiger partial charge in [0.15, 0.2) is 6.10 Å². The molecule has 1 atom stereocenters. The van der Waals surface area contributed by atoms with Gasteiger partial charge in [-0.2, -0.15) is 13.2 Å². The molecule has 5 nitrogen and oxygen atoms in total. The van der Waals surface area contributed by atoms with Crippen LogP contribution >= 0.6 is 0 Å². The zero-order valence-corrected chi connectivity index (χ0v) is 16.0. The Hall–Kier alpha value is -3.03. The number of carbonyl (C=O) groups is 2. The third-order valence-electron chi connectivity index (χ3n) is 4.50. The average molecular weight is 406 g/mol. The molecule has 0 radical (unpaired) electrons. The predicted molar refractivity (Wildman–Crippen MR) is 103 cm³/mol. The van der Waals surface area contributed by atoms with E-state index in [2.05, 4.69) is 10.6 Å². The molecule has 1 saturated carbocycles. The van der Waals surface area contributed by atoms with Crippen molar-refractivity contribution in [2.75, 3.05) is 10.6 Å². The van der Waals surface area contributed by atoms with Crippen molar-refractivity contribution in [3.05, 3.63) is 53.6 Å². The number of rotatable bonds is 6. The summed E-state index contributed by atoms with van der Waals surface area (Å²) in [7, 11) is 0. The first-order valence-electron chi connectivity index (χ1n) is 9.20. The molecule has 0 spiro atoms. The summed E-state index contributed by atoms with van der Waals surface area (Å²) in [5.41, 5.74) is -0.387. The van der Waals surface area contributed by atoms with Gasteiger partial charge in [-0.1, -0.05) is 17.7 Å². The average Bonchev–Trinajstić information content (AvgIpc) is 3.49. The molecule has 0 saturated heterocycles. The molecule has 1 unspecified atom stereocenters. The van der Waals surface area contributed by atoms with Crippen LogP contribution in [0.5, 0.6) is 5.75 Å². The van der Waals surface area contributed by atoms with E-state index >= 15 is 0 Å². The van der Waals surface area contributed by atoms with Gasteiger partial charge in [0.25, 0.3) is 5.91 Å². The monoisotopic (exact) mass is 406 g/mol. The third-order valence-corrected chi connectivity index (χ3v) is 4.50. The van der Waals surface area contributed by atoms with Gasteiger partial charge in [0.1, 0.15) is 5.75 Å². The topological polar surface area (TPSA) is 67.4 Å². The number of benzene rings is 2. The molecule has 0 aliphatic heterocycles. The normalized spacial score (nSPS) is 14.8. The highest BCUT2D eigenvalue weighted by Gasteiger charge is 2.35. The number of carbonyl (C=O) groups excluding carboxylic acids is 2. The molecule has 1 aliphatic carbocycles. The van der Waals surface area contributed by atoms with Crippen LogP contribution in [-0.2, 0) is 15.8 Å². The molecule has 2 N–H and O–H groups in total. The van der Waals surface area contributed by atoms with E-state index in [1.54, 1.807) is 24.3 Å². The number of halogens is 3. The van der Waals surface area contributed by atoms with Crippen LogP contribution in [0, 0.1) is 12.8 Å². The zero-order valence-electron chi connectivity index (χ0n) is 16.0. The highest BCUT2D eigenvalue weighted by atomic mass is 19.4. The molecule has 3 rings (SSSR count). The van der Waals surface area contributed by atoms with Crippen molar-refractivity contribution in [3.63, 3.8) is 0 Å². The van der Waals surface area contributed by atoms with Crippen molar-refractivity contribution in [1.82, 2.24) is 0 Å². The van der Waals surface area contributed by atoms with Crippen molar-refractivity contribution in [3.8, 4) is 5.75 Å². The Bertz CT molecular complexity index is 906. The van der Waals surface area contributed by atoms with E-state index in [1.807, 2.05) is 6.92 Å². The first kappa shape index (κ1) is 20.7. The van der Waals surface area contributed by atoms with Crippen molar-refractivity contribution < 1.29 is 27.5 Å². The smallest absolute Gasteiger partial charge is 0.418 e. The van der Waals surface area contributed by atoms with Crippen LogP contribution in [0.1, 0.15) is 30.9 Å². The molecule has 154 valence electrons. The predicted octanol–water partition coefficient (Wildman–Crippen LogP) is 4.77. The highest BCUT2D eigenvalue weighted by molar-refractivity contribution is 5.97. The summed E-state index contributed by atoms with van der Waals surface area (Å²) >= 11 is 0. The molecule has 0 aromatic heterocycles. The van der Waals surface area contributed by atoms with Gasteiger partial charge in [-0.3, -0.25) is 9.59 Å². The first-order valence-corrected chi connectivity index (χ1v) is 9.20. The lowest BCUT2D eigenvalue weighted by Crippen LogP contribution is -2.31. The standard InChI is InChI=1S/C21H21F3N2O3/c1-12-3-8-16(9-4-12)29-13(2)19(27)26-18-10-7-15(11-17(18)21(22,23)24)25-20(28)14-5-6-14/h3-4,7-11,13-14H,5-6H2,1-2H3,(H,25,28)(H,26,27). The number of ether oxygens (including phenoxy) is 1. The second-order valence-corrected chi connectivity index (χ2v) is 7.08. The number of alkyl halides is 3. The van der Waals surface area contributed by atoms with Crippen molar-refractivity contribution in [1.29, 1.82) is 0 Å². The maximum atomic E-state index is 13.5. The Balaban J connectivity index is 1.73. The van der Waals surface area contributed by atoms with Gasteiger partial charge in [-0.15, -0.1) is 0 Å². The Morgan fingerprint density at radius 3 is 2.31 bits per heavy atom. The van der Waals surface area contributed by atoms with E-state index in [4.69, 9.17) is 4.74 Å². The fourth-order valence-corrected chi connectivity index (χ4v) is 2.66. The highest BCUT2D eigenvalue weighted by Crippen LogP contribution is 2.37. The lowest BCUT2D eigenvalue weighted by molar-refractivity contribution is -0.137. The maximum absolute atomic E-state index is 13.5. The van der Waals surface area contributed by atoms with Gasteiger partial charge in [0.2, 0.25) is 5.91 Å². The molecule has 2 amide bonds. The summed E-state index contributed by atoms with van der Waals surface area (Å²) < 4.78 is 45.9. The van der Waals surface area contributed by atoms with E-state index in [9.17, 15) is 22.8 Å². The third kappa shape index (κ3) is 5.49.